The highest BCUT2D eigenvalue weighted by Crippen LogP contribution is 2.31. The molecule has 0 radical (unpaired) electrons. The average Bonchev–Trinajstić information content (AvgIpc) is 2.79. The molecule has 3 rings (SSSR count). The van der Waals surface area contributed by atoms with Gasteiger partial charge >= 0.3 is 0 Å². The van der Waals surface area contributed by atoms with E-state index in [1.165, 1.54) is 23.9 Å². The third-order valence-corrected chi connectivity index (χ3v) is 4.97. The Morgan fingerprint density at radius 2 is 2.19 bits per heavy atom. The molecule has 1 aliphatic rings. The molecule has 0 amide bonds. The first-order valence-electron chi connectivity index (χ1n) is 7.84. The smallest absolute Gasteiger partial charge is 0.111 e. The van der Waals surface area contributed by atoms with Gasteiger partial charge in [0.15, 0.2) is 0 Å². The van der Waals surface area contributed by atoms with Crippen LogP contribution >= 0.6 is 11.6 Å². The predicted molar refractivity (Wildman–Crippen MR) is 89.3 cm³/mol. The highest BCUT2D eigenvalue weighted by atomic mass is 35.5. The molecule has 1 aromatic heterocycles. The van der Waals surface area contributed by atoms with E-state index in [1.54, 1.807) is 0 Å². The SMILES string of the molecule is Cc1ccc2c(c1)nc(CCCl)n2C1CCN(C)C(C)C1. The number of halogens is 1. The topological polar surface area (TPSA) is 21.1 Å². The van der Waals surface area contributed by atoms with Gasteiger partial charge in [-0.2, -0.15) is 0 Å². The van der Waals surface area contributed by atoms with Gasteiger partial charge < -0.3 is 9.47 Å². The molecule has 1 aliphatic heterocycles. The van der Waals surface area contributed by atoms with E-state index in [-0.39, 0.29) is 0 Å². The van der Waals surface area contributed by atoms with E-state index >= 15 is 0 Å². The monoisotopic (exact) mass is 305 g/mol. The molecule has 0 aliphatic carbocycles. The van der Waals surface area contributed by atoms with Gasteiger partial charge in [0.1, 0.15) is 5.82 Å². The molecule has 0 N–H and O–H groups in total. The standard InChI is InChI=1S/C17H24ClN3/c1-12-4-5-16-15(10-12)19-17(6-8-18)21(16)14-7-9-20(3)13(2)11-14/h4-5,10,13-14H,6-9,11H2,1-3H3. The van der Waals surface area contributed by atoms with Crippen LogP contribution in [0.4, 0.5) is 0 Å². The Labute approximate surface area is 131 Å². The third-order valence-electron chi connectivity index (χ3n) is 4.78. The Morgan fingerprint density at radius 3 is 2.90 bits per heavy atom. The van der Waals surface area contributed by atoms with Crippen LogP contribution < -0.4 is 0 Å². The Kier molecular flexibility index (Phi) is 4.23. The number of piperidine rings is 1. The minimum Gasteiger partial charge on any atom is -0.325 e. The summed E-state index contributed by atoms with van der Waals surface area (Å²) in [5.74, 6) is 1.78. The summed E-state index contributed by atoms with van der Waals surface area (Å²) in [5, 5.41) is 0. The van der Waals surface area contributed by atoms with Crippen LogP contribution in [0.3, 0.4) is 0 Å². The van der Waals surface area contributed by atoms with E-state index in [4.69, 9.17) is 16.6 Å². The van der Waals surface area contributed by atoms with Crippen molar-refractivity contribution in [2.24, 2.45) is 0 Å². The fourth-order valence-corrected chi connectivity index (χ4v) is 3.60. The van der Waals surface area contributed by atoms with Crippen molar-refractivity contribution < 1.29 is 0 Å². The van der Waals surface area contributed by atoms with Crippen LogP contribution in [0.5, 0.6) is 0 Å². The first-order valence-corrected chi connectivity index (χ1v) is 8.37. The number of rotatable bonds is 3. The molecule has 2 aromatic rings. The first kappa shape index (κ1) is 14.9. The van der Waals surface area contributed by atoms with Gasteiger partial charge in [-0.05, 0) is 51.4 Å². The van der Waals surface area contributed by atoms with Crippen molar-refractivity contribution in [1.29, 1.82) is 0 Å². The second kappa shape index (κ2) is 5.98. The largest absolute Gasteiger partial charge is 0.325 e. The fraction of sp³-hybridized carbons (Fsp3) is 0.588. The molecule has 21 heavy (non-hydrogen) atoms. The summed E-state index contributed by atoms with van der Waals surface area (Å²) >= 11 is 6.00. The van der Waals surface area contributed by atoms with Crippen LogP contribution in [0.2, 0.25) is 0 Å². The molecular weight excluding hydrogens is 282 g/mol. The van der Waals surface area contributed by atoms with E-state index < -0.39 is 0 Å². The van der Waals surface area contributed by atoms with E-state index in [0.29, 0.717) is 18.0 Å². The average molecular weight is 306 g/mol. The second-order valence-electron chi connectivity index (χ2n) is 6.34. The van der Waals surface area contributed by atoms with Crippen molar-refractivity contribution in [3.05, 3.63) is 29.6 Å². The number of nitrogens with zero attached hydrogens (tertiary/aromatic N) is 3. The van der Waals surface area contributed by atoms with Crippen molar-refractivity contribution in [1.82, 2.24) is 14.5 Å². The van der Waals surface area contributed by atoms with Gasteiger partial charge in [-0.15, -0.1) is 11.6 Å². The molecule has 3 nitrogen and oxygen atoms in total. The van der Waals surface area contributed by atoms with Crippen LogP contribution in [-0.2, 0) is 6.42 Å². The Morgan fingerprint density at radius 1 is 1.38 bits per heavy atom. The minimum absolute atomic E-state index is 0.544. The molecule has 1 aromatic carbocycles. The van der Waals surface area contributed by atoms with Gasteiger partial charge in [0.05, 0.1) is 11.0 Å². The molecule has 0 spiro atoms. The van der Waals surface area contributed by atoms with Crippen molar-refractivity contribution in [3.8, 4) is 0 Å². The van der Waals surface area contributed by atoms with Crippen LogP contribution in [0.25, 0.3) is 11.0 Å². The maximum absolute atomic E-state index is 6.00. The van der Waals surface area contributed by atoms with E-state index in [0.717, 1.165) is 24.3 Å². The highest BCUT2D eigenvalue weighted by molar-refractivity contribution is 6.17. The molecule has 4 heteroatoms. The maximum atomic E-state index is 6.00. The summed E-state index contributed by atoms with van der Waals surface area (Å²) in [6.45, 7) is 5.59. The fourth-order valence-electron chi connectivity index (χ4n) is 3.43. The van der Waals surface area contributed by atoms with Crippen LogP contribution in [0.15, 0.2) is 18.2 Å². The molecule has 0 bridgehead atoms. The number of likely N-dealkylation sites (tertiary alicyclic amines) is 1. The van der Waals surface area contributed by atoms with Gasteiger partial charge in [-0.25, -0.2) is 4.98 Å². The molecule has 0 saturated carbocycles. The number of aromatic nitrogens is 2. The Bertz CT molecular complexity index is 634. The van der Waals surface area contributed by atoms with E-state index in [2.05, 4.69) is 48.6 Å². The molecule has 1 fully saturated rings. The molecule has 1 saturated heterocycles. The lowest BCUT2D eigenvalue weighted by Gasteiger charge is -2.36. The summed E-state index contributed by atoms with van der Waals surface area (Å²) in [7, 11) is 2.22. The van der Waals surface area contributed by atoms with Crippen molar-refractivity contribution in [2.45, 2.75) is 45.2 Å². The Hall–Kier alpha value is -1.06. The van der Waals surface area contributed by atoms with Crippen molar-refractivity contribution in [3.63, 3.8) is 0 Å². The van der Waals surface area contributed by atoms with Gasteiger partial charge in [0.25, 0.3) is 0 Å². The second-order valence-corrected chi connectivity index (χ2v) is 6.71. The van der Waals surface area contributed by atoms with Gasteiger partial charge in [0.2, 0.25) is 0 Å². The zero-order chi connectivity index (χ0) is 15.0. The predicted octanol–water partition coefficient (Wildman–Crippen LogP) is 3.78. The van der Waals surface area contributed by atoms with Crippen LogP contribution in [-0.4, -0.2) is 40.0 Å². The number of fused-ring (bicyclic) bond motifs is 1. The minimum atomic E-state index is 0.544. The maximum Gasteiger partial charge on any atom is 0.111 e. The summed E-state index contributed by atoms with van der Waals surface area (Å²) in [6.07, 6.45) is 3.22. The van der Waals surface area contributed by atoms with E-state index in [9.17, 15) is 0 Å². The summed E-state index contributed by atoms with van der Waals surface area (Å²) in [6, 6.07) is 7.75. The van der Waals surface area contributed by atoms with Gasteiger partial charge in [-0.3, -0.25) is 0 Å². The molecule has 2 atom stereocenters. The van der Waals surface area contributed by atoms with Gasteiger partial charge in [-0.1, -0.05) is 6.07 Å². The normalized spacial score (nSPS) is 23.8. The van der Waals surface area contributed by atoms with Crippen molar-refractivity contribution in [2.75, 3.05) is 19.5 Å². The summed E-state index contributed by atoms with van der Waals surface area (Å²) in [5.41, 5.74) is 3.64. The number of alkyl halides is 1. The lowest BCUT2D eigenvalue weighted by atomic mass is 9.98. The molecule has 2 heterocycles. The zero-order valence-corrected chi connectivity index (χ0v) is 13.9. The third kappa shape index (κ3) is 2.82. The number of hydrogen-bond donors (Lipinski definition) is 0. The summed E-state index contributed by atoms with van der Waals surface area (Å²) < 4.78 is 2.46. The zero-order valence-electron chi connectivity index (χ0n) is 13.1. The first-order chi connectivity index (χ1) is 10.1. The molecular formula is C17H24ClN3. The number of aryl methyl sites for hydroxylation is 2. The number of imidazole rings is 1. The lowest BCUT2D eigenvalue weighted by Crippen LogP contribution is -2.38. The van der Waals surface area contributed by atoms with Crippen LogP contribution in [0.1, 0.15) is 37.2 Å². The van der Waals surface area contributed by atoms with Gasteiger partial charge in [0, 0.05) is 30.9 Å². The van der Waals surface area contributed by atoms with E-state index in [1.807, 2.05) is 0 Å². The molecule has 2 unspecified atom stereocenters. The number of benzene rings is 1. The van der Waals surface area contributed by atoms with Crippen molar-refractivity contribution >= 4 is 22.6 Å². The highest BCUT2D eigenvalue weighted by Gasteiger charge is 2.26. The Balaban J connectivity index is 2.04. The quantitative estimate of drug-likeness (QED) is 0.805. The lowest BCUT2D eigenvalue weighted by molar-refractivity contribution is 0.157. The molecule has 114 valence electrons. The summed E-state index contributed by atoms with van der Waals surface area (Å²) in [4.78, 5) is 7.29. The van der Waals surface area contributed by atoms with Crippen LogP contribution in [0, 0.1) is 6.92 Å². The number of hydrogen-bond acceptors (Lipinski definition) is 2.